The molecule has 1 heterocycles. The Balaban J connectivity index is 2.31. The van der Waals surface area contributed by atoms with Gasteiger partial charge in [0.2, 0.25) is 5.88 Å². The minimum atomic E-state index is -1.03. The topological polar surface area (TPSA) is 81.5 Å². The maximum absolute atomic E-state index is 10.8. The number of carboxylic acids is 1. The van der Waals surface area contributed by atoms with Gasteiger partial charge < -0.3 is 14.6 Å². The number of benzene rings is 1. The Morgan fingerprint density at radius 3 is 2.72 bits per heavy atom. The molecule has 6 nitrogen and oxygen atoms in total. The number of rotatable bonds is 4. The number of aromatic carboxylic acids is 1. The predicted octanol–water partition coefficient (Wildman–Crippen LogP) is 1.98. The van der Waals surface area contributed by atoms with Crippen LogP contribution in [0.25, 0.3) is 0 Å². The van der Waals surface area contributed by atoms with E-state index in [0.29, 0.717) is 17.4 Å². The molecule has 0 aliphatic heterocycles. The summed E-state index contributed by atoms with van der Waals surface area (Å²) in [7, 11) is 1.44. The highest BCUT2D eigenvalue weighted by molar-refractivity contribution is 5.88. The Morgan fingerprint density at radius 1 is 1.28 bits per heavy atom. The lowest BCUT2D eigenvalue weighted by atomic mass is 10.2. The molecule has 0 amide bonds. The summed E-state index contributed by atoms with van der Waals surface area (Å²) in [5.41, 5.74) is 0.123. The van der Waals surface area contributed by atoms with Gasteiger partial charge in [0.25, 0.3) is 0 Å². The van der Waals surface area contributed by atoms with Crippen LogP contribution < -0.4 is 9.47 Å². The molecule has 1 N–H and O–H groups in total. The van der Waals surface area contributed by atoms with Crippen LogP contribution in [0.3, 0.4) is 0 Å². The lowest BCUT2D eigenvalue weighted by Crippen LogP contribution is -1.98. The maximum Gasteiger partial charge on any atom is 0.335 e. The zero-order valence-electron chi connectivity index (χ0n) is 9.53. The van der Waals surface area contributed by atoms with E-state index < -0.39 is 5.97 Å². The van der Waals surface area contributed by atoms with E-state index in [4.69, 9.17) is 14.6 Å². The Bertz CT molecular complexity index is 557. The molecule has 0 bridgehead atoms. The van der Waals surface area contributed by atoms with Gasteiger partial charge in [0.05, 0.1) is 18.9 Å². The first kappa shape index (κ1) is 11.8. The number of ether oxygens (including phenoxy) is 2. The average Bonchev–Trinajstić information content (AvgIpc) is 2.40. The van der Waals surface area contributed by atoms with Crippen molar-refractivity contribution in [2.75, 3.05) is 7.11 Å². The van der Waals surface area contributed by atoms with Gasteiger partial charge in [-0.2, -0.15) is 0 Å². The summed E-state index contributed by atoms with van der Waals surface area (Å²) >= 11 is 0. The first-order chi connectivity index (χ1) is 8.70. The van der Waals surface area contributed by atoms with Gasteiger partial charge in [-0.3, -0.25) is 4.98 Å². The summed E-state index contributed by atoms with van der Waals surface area (Å²) in [6, 6.07) is 4.32. The Morgan fingerprint density at radius 2 is 2.11 bits per heavy atom. The number of methoxy groups -OCH3 is 1. The number of nitrogens with zero attached hydrogens (tertiary/aromatic N) is 2. The van der Waals surface area contributed by atoms with E-state index in [1.54, 1.807) is 0 Å². The average molecular weight is 246 g/mol. The number of aromatic nitrogens is 2. The molecule has 1 aromatic carbocycles. The second-order valence-electron chi connectivity index (χ2n) is 3.32. The highest BCUT2D eigenvalue weighted by Crippen LogP contribution is 2.31. The molecule has 0 aliphatic carbocycles. The van der Waals surface area contributed by atoms with E-state index in [9.17, 15) is 4.79 Å². The van der Waals surface area contributed by atoms with Gasteiger partial charge in [-0.15, -0.1) is 0 Å². The lowest BCUT2D eigenvalue weighted by Gasteiger charge is -2.09. The van der Waals surface area contributed by atoms with E-state index in [1.807, 2.05) is 0 Å². The second-order valence-corrected chi connectivity index (χ2v) is 3.32. The standard InChI is InChI=1S/C12H10N2O4/c1-17-10-6-8(12(15)16)2-3-9(10)18-11-7-13-4-5-14-11/h2-7H,1H3,(H,15,16). The van der Waals surface area contributed by atoms with Crippen LogP contribution in [0, 0.1) is 0 Å². The quantitative estimate of drug-likeness (QED) is 0.888. The fourth-order valence-corrected chi connectivity index (χ4v) is 1.34. The monoisotopic (exact) mass is 246 g/mol. The third-order valence-electron chi connectivity index (χ3n) is 2.16. The van der Waals surface area contributed by atoms with Gasteiger partial charge in [0, 0.05) is 12.4 Å². The normalized spacial score (nSPS) is 9.83. The third-order valence-corrected chi connectivity index (χ3v) is 2.16. The molecule has 0 fully saturated rings. The summed E-state index contributed by atoms with van der Waals surface area (Å²) in [5, 5.41) is 8.87. The van der Waals surface area contributed by atoms with Gasteiger partial charge in [0.1, 0.15) is 0 Å². The minimum Gasteiger partial charge on any atom is -0.493 e. The number of carboxylic acid groups (broad SMARTS) is 1. The fraction of sp³-hybridized carbons (Fsp3) is 0.0833. The highest BCUT2D eigenvalue weighted by Gasteiger charge is 2.11. The zero-order valence-corrected chi connectivity index (χ0v) is 9.53. The highest BCUT2D eigenvalue weighted by atomic mass is 16.5. The van der Waals surface area contributed by atoms with E-state index >= 15 is 0 Å². The molecule has 0 saturated heterocycles. The van der Waals surface area contributed by atoms with Gasteiger partial charge in [-0.05, 0) is 18.2 Å². The molecule has 0 aliphatic rings. The zero-order chi connectivity index (χ0) is 13.0. The maximum atomic E-state index is 10.8. The summed E-state index contributed by atoms with van der Waals surface area (Å²) in [6.07, 6.45) is 4.47. The Hall–Kier alpha value is -2.63. The van der Waals surface area contributed by atoms with Gasteiger partial charge in [-0.25, -0.2) is 9.78 Å². The van der Waals surface area contributed by atoms with Crippen molar-refractivity contribution in [2.45, 2.75) is 0 Å². The van der Waals surface area contributed by atoms with Crippen LogP contribution in [0.5, 0.6) is 17.4 Å². The van der Waals surface area contributed by atoms with Crippen molar-refractivity contribution in [3.63, 3.8) is 0 Å². The third kappa shape index (κ3) is 2.54. The van der Waals surface area contributed by atoms with Crippen LogP contribution in [-0.4, -0.2) is 28.2 Å². The summed E-state index contributed by atoms with van der Waals surface area (Å²) < 4.78 is 10.5. The second kappa shape index (κ2) is 5.13. The van der Waals surface area contributed by atoms with Crippen LogP contribution in [0.15, 0.2) is 36.8 Å². The molecule has 0 radical (unpaired) electrons. The largest absolute Gasteiger partial charge is 0.493 e. The SMILES string of the molecule is COc1cc(C(=O)O)ccc1Oc1cnccn1. The smallest absolute Gasteiger partial charge is 0.335 e. The lowest BCUT2D eigenvalue weighted by molar-refractivity contribution is 0.0696. The molecule has 2 aromatic rings. The van der Waals surface area contributed by atoms with Crippen LogP contribution in [-0.2, 0) is 0 Å². The van der Waals surface area contributed by atoms with Gasteiger partial charge in [0.15, 0.2) is 11.5 Å². The van der Waals surface area contributed by atoms with Crippen molar-refractivity contribution in [1.29, 1.82) is 0 Å². The van der Waals surface area contributed by atoms with Crippen LogP contribution in [0.4, 0.5) is 0 Å². The molecule has 2 rings (SSSR count). The van der Waals surface area contributed by atoms with Crippen LogP contribution in [0.1, 0.15) is 10.4 Å². The van der Waals surface area contributed by atoms with Crippen molar-refractivity contribution < 1.29 is 19.4 Å². The predicted molar refractivity (Wildman–Crippen MR) is 62.1 cm³/mol. The molecule has 92 valence electrons. The van der Waals surface area contributed by atoms with Crippen LogP contribution in [0.2, 0.25) is 0 Å². The molecule has 1 aromatic heterocycles. The molecular weight excluding hydrogens is 236 g/mol. The number of carbonyl (C=O) groups is 1. The minimum absolute atomic E-state index is 0.123. The molecule has 0 saturated carbocycles. The summed E-state index contributed by atoms with van der Waals surface area (Å²) in [6.45, 7) is 0. The fourth-order valence-electron chi connectivity index (χ4n) is 1.34. The van der Waals surface area contributed by atoms with Crippen molar-refractivity contribution in [2.24, 2.45) is 0 Å². The van der Waals surface area contributed by atoms with Gasteiger partial charge in [-0.1, -0.05) is 0 Å². The Labute approximate surface area is 103 Å². The molecule has 18 heavy (non-hydrogen) atoms. The van der Waals surface area contributed by atoms with E-state index in [1.165, 1.54) is 43.9 Å². The molecular formula is C12H10N2O4. The Kier molecular flexibility index (Phi) is 3.38. The number of hydrogen-bond acceptors (Lipinski definition) is 5. The van der Waals surface area contributed by atoms with Gasteiger partial charge >= 0.3 is 5.97 Å². The summed E-state index contributed by atoms with van der Waals surface area (Å²) in [4.78, 5) is 18.6. The van der Waals surface area contributed by atoms with E-state index in [2.05, 4.69) is 9.97 Å². The molecule has 0 unspecified atom stereocenters. The van der Waals surface area contributed by atoms with Crippen molar-refractivity contribution in [3.05, 3.63) is 42.4 Å². The van der Waals surface area contributed by atoms with E-state index in [0.717, 1.165) is 0 Å². The van der Waals surface area contributed by atoms with Crippen molar-refractivity contribution in [1.82, 2.24) is 9.97 Å². The number of hydrogen-bond donors (Lipinski definition) is 1. The van der Waals surface area contributed by atoms with E-state index in [-0.39, 0.29) is 5.56 Å². The molecule has 0 atom stereocenters. The molecule has 0 spiro atoms. The molecule has 6 heteroatoms. The van der Waals surface area contributed by atoms with Crippen molar-refractivity contribution >= 4 is 5.97 Å². The summed E-state index contributed by atoms with van der Waals surface area (Å²) in [5.74, 6) is -0.0261. The van der Waals surface area contributed by atoms with Crippen LogP contribution >= 0.6 is 0 Å². The van der Waals surface area contributed by atoms with Crippen molar-refractivity contribution in [3.8, 4) is 17.4 Å². The first-order valence-electron chi connectivity index (χ1n) is 5.06. The first-order valence-corrected chi connectivity index (χ1v) is 5.06.